The Labute approximate surface area is 477 Å². The molecule has 0 saturated carbocycles. The van der Waals surface area contributed by atoms with Crippen LogP contribution in [0.2, 0.25) is 0 Å². The molecular weight excluding hydrogens is 1120 g/mol. The quantitative estimate of drug-likeness (QED) is 0.166. The van der Waals surface area contributed by atoms with Crippen LogP contribution in [0.3, 0.4) is 0 Å². The lowest BCUT2D eigenvalue weighted by Gasteiger charge is -2.34. The summed E-state index contributed by atoms with van der Waals surface area (Å²) in [6.45, 7) is 0. The van der Waals surface area contributed by atoms with Crippen LogP contribution in [0.4, 0.5) is 79.6 Å². The van der Waals surface area contributed by atoms with Gasteiger partial charge in [0.25, 0.3) is 0 Å². The molecule has 0 spiro atoms. The van der Waals surface area contributed by atoms with E-state index in [9.17, 15) is 0 Å². The van der Waals surface area contributed by atoms with Gasteiger partial charge in [-0.05, 0) is 156 Å². The summed E-state index contributed by atoms with van der Waals surface area (Å²) in [6, 6.07) is 81.6. The fraction of sp³-hybridized carbons (Fsp3) is 0. The molecule has 10 nitrogen and oxygen atoms in total. The van der Waals surface area contributed by atoms with Crippen molar-refractivity contribution in [2.75, 3.05) is 31.1 Å². The third-order valence-corrected chi connectivity index (χ3v) is 16.1. The normalized spacial score (nSPS) is 13.0. The summed E-state index contributed by atoms with van der Waals surface area (Å²) in [5.41, 5.74) is 26.6. The minimum atomic E-state index is 0.636. The number of nitrogens with zero attached hydrogens (tertiary/aromatic N) is 4. The highest BCUT2D eigenvalue weighted by Gasteiger charge is 2.31. The fourth-order valence-corrected chi connectivity index (χ4v) is 12.4. The van der Waals surface area contributed by atoms with Crippen molar-refractivity contribution in [2.24, 2.45) is 0 Å². The zero-order valence-electron chi connectivity index (χ0n) is 42.4. The van der Waals surface area contributed by atoms with Crippen molar-refractivity contribution in [1.82, 2.24) is 0 Å². The third kappa shape index (κ3) is 7.82. The molecule has 12 aromatic carbocycles. The molecule has 0 aliphatic carbocycles. The maximum atomic E-state index is 6.80. The highest BCUT2D eigenvalue weighted by atomic mass is 79.9. The van der Waals surface area contributed by atoms with Gasteiger partial charge in [-0.1, -0.05) is 129 Å². The van der Waals surface area contributed by atoms with Gasteiger partial charge >= 0.3 is 0 Å². The number of fused-ring (bicyclic) bond motifs is 10. The van der Waals surface area contributed by atoms with Gasteiger partial charge < -0.3 is 50.0 Å². The zero-order valence-corrected chi connectivity index (χ0v) is 45.6. The van der Waals surface area contributed by atoms with Crippen LogP contribution >= 0.6 is 31.9 Å². The number of nitrogen functional groups attached to an aromatic ring is 2. The van der Waals surface area contributed by atoms with E-state index in [0.29, 0.717) is 11.4 Å². The van der Waals surface area contributed by atoms with Crippen molar-refractivity contribution in [3.05, 3.63) is 252 Å². The molecule has 0 amide bonds. The molecule has 384 valence electrons. The van der Waals surface area contributed by atoms with Crippen LogP contribution in [0.1, 0.15) is 0 Å². The molecule has 0 aromatic heterocycles. The molecule has 0 unspecified atom stereocenters. The number of ether oxygens (including phenoxy) is 4. The van der Waals surface area contributed by atoms with Crippen LogP contribution in [-0.4, -0.2) is 0 Å². The van der Waals surface area contributed by atoms with Crippen molar-refractivity contribution in [3.8, 4) is 46.0 Å². The molecule has 0 radical (unpaired) electrons. The van der Waals surface area contributed by atoms with Gasteiger partial charge in [0.2, 0.25) is 0 Å². The van der Waals surface area contributed by atoms with Crippen LogP contribution in [0.15, 0.2) is 252 Å². The minimum absolute atomic E-state index is 0.636. The van der Waals surface area contributed by atoms with Gasteiger partial charge in [0.1, 0.15) is 0 Å². The first kappa shape index (κ1) is 47.3. The van der Waals surface area contributed by atoms with Crippen molar-refractivity contribution < 1.29 is 18.9 Å². The zero-order chi connectivity index (χ0) is 53.6. The molecular formula is C68H44Br2N6O4. The van der Waals surface area contributed by atoms with Gasteiger partial charge in [-0.3, -0.25) is 0 Å². The number of hydrogen-bond acceptors (Lipinski definition) is 10. The molecule has 4 N–H and O–H groups in total. The molecule has 0 bridgehead atoms. The van der Waals surface area contributed by atoms with E-state index in [1.807, 2.05) is 182 Å². The second kappa shape index (κ2) is 18.9. The highest BCUT2D eigenvalue weighted by Crippen LogP contribution is 2.57. The van der Waals surface area contributed by atoms with Gasteiger partial charge in [-0.15, -0.1) is 0 Å². The lowest BCUT2D eigenvalue weighted by Crippen LogP contribution is -2.17. The Hall–Kier alpha value is -9.88. The monoisotopic (exact) mass is 1170 g/mol. The summed E-state index contributed by atoms with van der Waals surface area (Å²) in [7, 11) is 0. The number of benzene rings is 12. The summed E-state index contributed by atoms with van der Waals surface area (Å²) in [6.07, 6.45) is 0. The fourth-order valence-electron chi connectivity index (χ4n) is 11.3. The molecule has 4 heterocycles. The second-order valence-electron chi connectivity index (χ2n) is 19.6. The molecule has 12 heteroatoms. The Balaban J connectivity index is 0.000000138. The van der Waals surface area contributed by atoms with Gasteiger partial charge in [-0.25, -0.2) is 0 Å². The number of nitrogens with two attached hydrogens (primary N) is 2. The second-order valence-corrected chi connectivity index (χ2v) is 21.3. The van der Waals surface area contributed by atoms with Crippen LogP contribution in [0.5, 0.6) is 46.0 Å². The van der Waals surface area contributed by atoms with Gasteiger partial charge in [0.15, 0.2) is 46.0 Å². The lowest BCUT2D eigenvalue weighted by atomic mass is 10.0. The van der Waals surface area contributed by atoms with E-state index in [2.05, 4.69) is 112 Å². The maximum Gasteiger partial charge on any atom is 0.151 e. The Morgan fingerprint density at radius 3 is 0.650 bits per heavy atom. The number of rotatable bonds is 4. The standard InChI is InChI=1S/C34H20Br2N2O2.C34H24N4O2/c2*35-25-19-21(37-27-9-1-5-13-31(27)39-32-14-6-2-10-28(32)37)17-23-24(25)18-22(20-26(23)36)38-29-11-3-7-15-33(29)40-34-16-8-4-12-30(34)38/h1-20H;1-20H,35-36H2. The molecule has 80 heavy (non-hydrogen) atoms. The minimum Gasteiger partial charge on any atom is -0.453 e. The SMILES string of the molecule is Brc1cc(N2c3ccccc3Oc3ccccc32)cc2c(Br)cc(N3c4ccccc4Oc4ccccc43)cc12.Nc1cc(N2c3ccccc3Oc3ccccc32)cc2c(N)cc(N3c4ccccc4Oc4ccccc43)cc12. The van der Waals surface area contributed by atoms with Crippen LogP contribution in [0.25, 0.3) is 21.5 Å². The first-order valence-electron chi connectivity index (χ1n) is 26.0. The number of anilines is 14. The predicted molar refractivity (Wildman–Crippen MR) is 331 cm³/mol. The van der Waals surface area contributed by atoms with Crippen molar-refractivity contribution in [3.63, 3.8) is 0 Å². The summed E-state index contributed by atoms with van der Waals surface area (Å²) >= 11 is 7.86. The van der Waals surface area contributed by atoms with E-state index in [0.717, 1.165) is 145 Å². The van der Waals surface area contributed by atoms with E-state index < -0.39 is 0 Å². The predicted octanol–water partition coefficient (Wildman–Crippen LogP) is 20.7. The smallest absolute Gasteiger partial charge is 0.151 e. The van der Waals surface area contributed by atoms with Crippen molar-refractivity contribution in [2.45, 2.75) is 0 Å². The first-order valence-corrected chi connectivity index (χ1v) is 27.6. The van der Waals surface area contributed by atoms with E-state index in [-0.39, 0.29) is 0 Å². The van der Waals surface area contributed by atoms with Gasteiger partial charge in [0.05, 0.1) is 45.5 Å². The summed E-state index contributed by atoms with van der Waals surface area (Å²) in [5, 5.41) is 3.97. The van der Waals surface area contributed by atoms with Crippen molar-refractivity contribution in [1.29, 1.82) is 0 Å². The van der Waals surface area contributed by atoms with Crippen molar-refractivity contribution >= 4 is 133 Å². The van der Waals surface area contributed by atoms with E-state index >= 15 is 0 Å². The maximum absolute atomic E-state index is 6.80. The Bertz CT molecular complexity index is 3760. The molecule has 4 aliphatic heterocycles. The molecule has 0 fully saturated rings. The van der Waals surface area contributed by atoms with Gasteiger partial charge in [-0.2, -0.15) is 0 Å². The average Bonchev–Trinajstić information content (AvgIpc) is 3.56. The first-order chi connectivity index (χ1) is 39.3. The molecule has 4 aliphatic rings. The van der Waals surface area contributed by atoms with E-state index in [1.54, 1.807) is 0 Å². The lowest BCUT2D eigenvalue weighted by molar-refractivity contribution is 0.476. The van der Waals surface area contributed by atoms with E-state index in [1.165, 1.54) is 0 Å². The average molecular weight is 1170 g/mol. The topological polar surface area (TPSA) is 102 Å². The summed E-state index contributed by atoms with van der Waals surface area (Å²) in [4.78, 5) is 8.86. The summed E-state index contributed by atoms with van der Waals surface area (Å²) in [5.74, 6) is 6.46. The van der Waals surface area contributed by atoms with Crippen LogP contribution in [-0.2, 0) is 0 Å². The van der Waals surface area contributed by atoms with Crippen LogP contribution in [0, 0.1) is 0 Å². The Kier molecular flexibility index (Phi) is 11.2. The molecule has 0 saturated heterocycles. The largest absolute Gasteiger partial charge is 0.453 e. The Morgan fingerprint density at radius 1 is 0.237 bits per heavy atom. The van der Waals surface area contributed by atoms with E-state index in [4.69, 9.17) is 30.4 Å². The summed E-state index contributed by atoms with van der Waals surface area (Å²) < 4.78 is 26.9. The third-order valence-electron chi connectivity index (χ3n) is 14.8. The number of hydrogen-bond donors (Lipinski definition) is 2. The molecule has 16 rings (SSSR count). The molecule has 12 aromatic rings. The molecule has 0 atom stereocenters. The van der Waals surface area contributed by atoms with Gasteiger partial charge in [0, 0.05) is 53.8 Å². The number of para-hydroxylation sites is 16. The number of halogens is 2. The highest BCUT2D eigenvalue weighted by molar-refractivity contribution is 9.11. The Morgan fingerprint density at radius 2 is 0.425 bits per heavy atom. The van der Waals surface area contributed by atoms with Crippen LogP contribution < -0.4 is 50.0 Å².